The van der Waals surface area contributed by atoms with Gasteiger partial charge in [-0.1, -0.05) is 23.7 Å². The normalized spacial score (nSPS) is 16.5. The Balaban J connectivity index is 1.98. The van der Waals surface area contributed by atoms with Crippen molar-refractivity contribution in [3.8, 4) is 0 Å². The highest BCUT2D eigenvalue weighted by molar-refractivity contribution is 9.10. The van der Waals surface area contributed by atoms with Crippen LogP contribution in [-0.4, -0.2) is 20.3 Å². The lowest BCUT2D eigenvalue weighted by Crippen LogP contribution is -2.30. The predicted octanol–water partition coefficient (Wildman–Crippen LogP) is 5.28. The highest BCUT2D eigenvalue weighted by atomic mass is 79.9. The average molecular weight is 448 g/mol. The highest BCUT2D eigenvalue weighted by Gasteiger charge is 2.43. The first-order valence-corrected chi connectivity index (χ1v) is 9.96. The van der Waals surface area contributed by atoms with Gasteiger partial charge in [-0.3, -0.25) is 14.4 Å². The van der Waals surface area contributed by atoms with E-state index < -0.39 is 0 Å². The fourth-order valence-corrected chi connectivity index (χ4v) is 4.83. The van der Waals surface area contributed by atoms with Crippen molar-refractivity contribution >= 4 is 39.1 Å². The van der Waals surface area contributed by atoms with Crippen molar-refractivity contribution in [1.29, 1.82) is 0 Å². The molecule has 1 amide bonds. The van der Waals surface area contributed by atoms with E-state index in [1.165, 1.54) is 0 Å². The average Bonchev–Trinajstić information content (AvgIpc) is 3.19. The van der Waals surface area contributed by atoms with Gasteiger partial charge in [0.2, 0.25) is 0 Å². The predicted molar refractivity (Wildman–Crippen MR) is 111 cm³/mol. The molecule has 0 saturated carbocycles. The zero-order chi connectivity index (χ0) is 19.5. The van der Waals surface area contributed by atoms with Gasteiger partial charge in [0.25, 0.3) is 5.91 Å². The van der Waals surface area contributed by atoms with E-state index in [9.17, 15) is 4.79 Å². The van der Waals surface area contributed by atoms with Crippen LogP contribution in [0.5, 0.6) is 0 Å². The van der Waals surface area contributed by atoms with Crippen LogP contribution in [0.15, 0.2) is 41.1 Å². The molecular weight excluding hydrogens is 428 g/mol. The van der Waals surface area contributed by atoms with Crippen LogP contribution < -0.4 is 4.90 Å². The molecule has 0 spiro atoms. The first kappa shape index (κ1) is 18.3. The molecule has 2 aromatic heterocycles. The summed E-state index contributed by atoms with van der Waals surface area (Å²) in [6.45, 7) is 6.16. The smallest absolute Gasteiger partial charge is 0.261 e. The number of halogens is 2. The molecule has 5 nitrogen and oxygen atoms in total. The van der Waals surface area contributed by atoms with Crippen LogP contribution in [0.2, 0.25) is 5.02 Å². The molecule has 27 heavy (non-hydrogen) atoms. The number of nitrogens with zero attached hydrogens (tertiary/aromatic N) is 4. The number of rotatable bonds is 3. The summed E-state index contributed by atoms with van der Waals surface area (Å²) in [7, 11) is 1.87. The molecule has 1 unspecified atom stereocenters. The van der Waals surface area contributed by atoms with Gasteiger partial charge in [-0.25, -0.2) is 0 Å². The number of amides is 1. The number of carbonyl (C=O) groups excluding carboxylic acids is 1. The van der Waals surface area contributed by atoms with Crippen molar-refractivity contribution in [3.05, 3.63) is 68.7 Å². The Morgan fingerprint density at radius 2 is 1.89 bits per heavy atom. The van der Waals surface area contributed by atoms with Gasteiger partial charge in [-0.15, -0.1) is 0 Å². The maximum atomic E-state index is 13.4. The SMILES string of the molecule is Cc1nn(C)cc1N1C(=O)c2cc(Br)n(C(C)C)c2C1c1ccc(Cl)cc1. The van der Waals surface area contributed by atoms with E-state index >= 15 is 0 Å². The van der Waals surface area contributed by atoms with E-state index in [4.69, 9.17) is 11.6 Å². The third-order valence-corrected chi connectivity index (χ3v) is 5.81. The Bertz CT molecular complexity index is 1040. The van der Waals surface area contributed by atoms with E-state index in [1.807, 2.05) is 55.4 Å². The van der Waals surface area contributed by atoms with E-state index in [2.05, 4.69) is 39.4 Å². The number of aryl methyl sites for hydroxylation is 2. The summed E-state index contributed by atoms with van der Waals surface area (Å²) in [5.74, 6) is -0.0128. The number of fused-ring (bicyclic) bond motifs is 1. The molecular formula is C20H20BrClN4O. The number of anilines is 1. The molecule has 0 bridgehead atoms. The van der Waals surface area contributed by atoms with E-state index in [-0.39, 0.29) is 18.0 Å². The molecule has 3 heterocycles. The van der Waals surface area contributed by atoms with Gasteiger partial charge in [0.15, 0.2) is 0 Å². The third-order valence-electron chi connectivity index (χ3n) is 4.94. The standard InChI is InChI=1S/C20H20BrClN4O/c1-11(2)25-17(21)9-15-19(25)18(13-5-7-14(22)8-6-13)26(20(15)27)16-10-24(4)23-12(16)3/h5-11,18H,1-4H3. The van der Waals surface area contributed by atoms with E-state index in [0.717, 1.165) is 32.8 Å². The minimum absolute atomic E-state index is 0.0128. The largest absolute Gasteiger partial charge is 0.334 e. The van der Waals surface area contributed by atoms with Crippen molar-refractivity contribution in [3.63, 3.8) is 0 Å². The number of benzene rings is 1. The molecule has 0 saturated heterocycles. The summed E-state index contributed by atoms with van der Waals surface area (Å²) in [5, 5.41) is 5.11. The Morgan fingerprint density at radius 1 is 1.22 bits per heavy atom. The van der Waals surface area contributed by atoms with Gasteiger partial charge in [-0.05, 0) is 60.5 Å². The number of hydrogen-bond acceptors (Lipinski definition) is 2. The van der Waals surface area contributed by atoms with Gasteiger partial charge in [0.1, 0.15) is 6.04 Å². The number of aromatic nitrogens is 3. The molecule has 0 fully saturated rings. The molecule has 4 rings (SSSR count). The Labute approximate surface area is 171 Å². The highest BCUT2D eigenvalue weighted by Crippen LogP contribution is 2.45. The Kier molecular flexibility index (Phi) is 4.43. The lowest BCUT2D eigenvalue weighted by molar-refractivity contribution is 0.0993. The summed E-state index contributed by atoms with van der Waals surface area (Å²) in [4.78, 5) is 15.3. The monoisotopic (exact) mass is 446 g/mol. The van der Waals surface area contributed by atoms with Crippen molar-refractivity contribution in [2.45, 2.75) is 32.9 Å². The Morgan fingerprint density at radius 3 is 2.44 bits per heavy atom. The zero-order valence-electron chi connectivity index (χ0n) is 15.6. The fourth-order valence-electron chi connectivity index (χ4n) is 3.88. The number of carbonyl (C=O) groups is 1. The number of hydrogen-bond donors (Lipinski definition) is 0. The van der Waals surface area contributed by atoms with E-state index in [1.54, 1.807) is 4.68 Å². The van der Waals surface area contributed by atoms with Gasteiger partial charge in [0, 0.05) is 24.3 Å². The van der Waals surface area contributed by atoms with Crippen molar-refractivity contribution < 1.29 is 4.79 Å². The minimum Gasteiger partial charge on any atom is -0.334 e. The van der Waals surface area contributed by atoms with Gasteiger partial charge in [-0.2, -0.15) is 5.10 Å². The van der Waals surface area contributed by atoms with Gasteiger partial charge in [0.05, 0.1) is 27.2 Å². The summed E-state index contributed by atoms with van der Waals surface area (Å²) in [6, 6.07) is 9.60. The molecule has 1 atom stereocenters. The summed E-state index contributed by atoms with van der Waals surface area (Å²) in [6.07, 6.45) is 1.90. The molecule has 3 aromatic rings. The second-order valence-corrected chi connectivity index (χ2v) is 8.38. The molecule has 1 aromatic carbocycles. The molecule has 1 aliphatic rings. The van der Waals surface area contributed by atoms with Crippen molar-refractivity contribution in [2.24, 2.45) is 7.05 Å². The first-order chi connectivity index (χ1) is 12.8. The zero-order valence-corrected chi connectivity index (χ0v) is 17.9. The van der Waals surface area contributed by atoms with Crippen LogP contribution in [0.25, 0.3) is 0 Å². The molecule has 1 aliphatic heterocycles. The summed E-state index contributed by atoms with van der Waals surface area (Å²) >= 11 is 9.74. The van der Waals surface area contributed by atoms with Crippen LogP contribution in [0, 0.1) is 6.92 Å². The maximum Gasteiger partial charge on any atom is 0.261 e. The summed E-state index contributed by atoms with van der Waals surface area (Å²) < 4.78 is 4.84. The third kappa shape index (κ3) is 2.82. The van der Waals surface area contributed by atoms with Gasteiger partial charge < -0.3 is 4.57 Å². The lowest BCUT2D eigenvalue weighted by Gasteiger charge is -2.28. The van der Waals surface area contributed by atoms with Crippen LogP contribution in [0.1, 0.15) is 53.2 Å². The lowest BCUT2D eigenvalue weighted by atomic mass is 10.0. The molecule has 0 N–H and O–H groups in total. The van der Waals surface area contributed by atoms with Crippen LogP contribution in [0.4, 0.5) is 5.69 Å². The minimum atomic E-state index is -0.235. The Hall–Kier alpha value is -2.05. The van der Waals surface area contributed by atoms with Crippen LogP contribution in [-0.2, 0) is 7.05 Å². The van der Waals surface area contributed by atoms with Crippen LogP contribution >= 0.6 is 27.5 Å². The fraction of sp³-hybridized carbons (Fsp3) is 0.300. The first-order valence-electron chi connectivity index (χ1n) is 8.79. The van der Waals surface area contributed by atoms with Crippen molar-refractivity contribution in [1.82, 2.24) is 14.3 Å². The topological polar surface area (TPSA) is 43.1 Å². The molecule has 7 heteroatoms. The van der Waals surface area contributed by atoms with Crippen LogP contribution in [0.3, 0.4) is 0 Å². The molecule has 0 aliphatic carbocycles. The summed E-state index contributed by atoms with van der Waals surface area (Å²) in [5.41, 5.74) is 4.38. The second-order valence-electron chi connectivity index (χ2n) is 7.13. The van der Waals surface area contributed by atoms with Gasteiger partial charge >= 0.3 is 0 Å². The molecule has 0 radical (unpaired) electrons. The maximum absolute atomic E-state index is 13.4. The van der Waals surface area contributed by atoms with E-state index in [0.29, 0.717) is 5.02 Å². The second kappa shape index (κ2) is 6.53. The van der Waals surface area contributed by atoms with Crippen molar-refractivity contribution in [2.75, 3.05) is 4.90 Å². The quantitative estimate of drug-likeness (QED) is 0.548. The molecule has 140 valence electrons.